The SMILES string of the molecule is Cc1ccc2c(n1)CP(C/C(=C/N)NC=S)CC2. The maximum atomic E-state index is 5.60. The number of hydrogen-bond acceptors (Lipinski definition) is 3. The lowest BCUT2D eigenvalue weighted by Gasteiger charge is -2.25. The fraction of sp³-hybridized carbons (Fsp3) is 0.385. The van der Waals surface area contributed by atoms with Gasteiger partial charge in [-0.3, -0.25) is 4.98 Å². The molecule has 1 aliphatic heterocycles. The van der Waals surface area contributed by atoms with Crippen LogP contribution in [0.4, 0.5) is 0 Å². The minimum atomic E-state index is -0.0671. The van der Waals surface area contributed by atoms with E-state index in [0.29, 0.717) is 0 Å². The van der Waals surface area contributed by atoms with Crippen LogP contribution in [-0.2, 0) is 12.6 Å². The zero-order valence-electron chi connectivity index (χ0n) is 10.5. The molecule has 0 amide bonds. The molecule has 0 fully saturated rings. The lowest BCUT2D eigenvalue weighted by Crippen LogP contribution is -2.17. The summed E-state index contributed by atoms with van der Waals surface area (Å²) in [5.74, 6) is 0. The summed E-state index contributed by atoms with van der Waals surface area (Å²) in [7, 11) is -0.0671. The van der Waals surface area contributed by atoms with Crippen LogP contribution in [0.25, 0.3) is 0 Å². The molecule has 0 saturated heterocycles. The van der Waals surface area contributed by atoms with Crippen molar-refractivity contribution in [3.05, 3.63) is 41.0 Å². The summed E-state index contributed by atoms with van der Waals surface area (Å²) < 4.78 is 0. The van der Waals surface area contributed by atoms with E-state index in [2.05, 4.69) is 29.4 Å². The number of nitrogens with one attached hydrogen (secondary N) is 1. The highest BCUT2D eigenvalue weighted by Gasteiger charge is 2.20. The third kappa shape index (κ3) is 3.27. The van der Waals surface area contributed by atoms with E-state index in [4.69, 9.17) is 18.0 Å². The number of nitrogens with two attached hydrogens (primary N) is 1. The molecule has 0 saturated carbocycles. The number of pyridine rings is 1. The van der Waals surface area contributed by atoms with Gasteiger partial charge in [0.05, 0.1) is 5.49 Å². The summed E-state index contributed by atoms with van der Waals surface area (Å²) in [6.45, 7) is 2.05. The Hall–Kier alpha value is -0.990. The second-order valence-corrected chi connectivity index (χ2v) is 7.13. The monoisotopic (exact) mass is 279 g/mol. The molecule has 96 valence electrons. The maximum Gasteiger partial charge on any atom is 0.0657 e. The number of aromatic nitrogens is 1. The Labute approximate surface area is 115 Å². The van der Waals surface area contributed by atoms with Crippen molar-refractivity contribution in [2.24, 2.45) is 5.73 Å². The molecule has 0 bridgehead atoms. The minimum Gasteiger partial charge on any atom is -0.403 e. The molecule has 2 heterocycles. The lowest BCUT2D eigenvalue weighted by molar-refractivity contribution is 0.971. The molecule has 0 spiro atoms. The molecular formula is C13H18N3PS. The highest BCUT2D eigenvalue weighted by atomic mass is 32.1. The van der Waals surface area contributed by atoms with E-state index in [9.17, 15) is 0 Å². The van der Waals surface area contributed by atoms with Crippen LogP contribution in [0.2, 0.25) is 0 Å². The second-order valence-electron chi connectivity index (χ2n) is 4.47. The summed E-state index contributed by atoms with van der Waals surface area (Å²) in [6.07, 6.45) is 6.13. The molecule has 18 heavy (non-hydrogen) atoms. The first kappa shape index (κ1) is 13.4. The fourth-order valence-electron chi connectivity index (χ4n) is 2.17. The molecule has 1 aliphatic rings. The zero-order valence-corrected chi connectivity index (χ0v) is 12.2. The van der Waals surface area contributed by atoms with Gasteiger partial charge in [-0.05, 0) is 31.1 Å². The zero-order chi connectivity index (χ0) is 13.0. The number of hydrogen-bond donors (Lipinski definition) is 2. The summed E-state index contributed by atoms with van der Waals surface area (Å²) in [4.78, 5) is 4.66. The van der Waals surface area contributed by atoms with E-state index in [1.54, 1.807) is 6.20 Å². The predicted octanol–water partition coefficient (Wildman–Crippen LogP) is 2.27. The van der Waals surface area contributed by atoms with Crippen molar-refractivity contribution in [2.45, 2.75) is 19.5 Å². The predicted molar refractivity (Wildman–Crippen MR) is 82.1 cm³/mol. The summed E-state index contributed by atoms with van der Waals surface area (Å²) in [5, 5.41) is 3.04. The molecule has 2 rings (SSSR count). The smallest absolute Gasteiger partial charge is 0.0657 e. The summed E-state index contributed by atoms with van der Waals surface area (Å²) in [5.41, 5.74) is 12.0. The summed E-state index contributed by atoms with van der Waals surface area (Å²) >= 11 is 4.80. The van der Waals surface area contributed by atoms with Gasteiger partial charge in [0.25, 0.3) is 0 Å². The third-order valence-corrected chi connectivity index (χ3v) is 5.63. The van der Waals surface area contributed by atoms with Gasteiger partial charge >= 0.3 is 0 Å². The van der Waals surface area contributed by atoms with Crippen molar-refractivity contribution in [2.75, 3.05) is 12.3 Å². The third-order valence-electron chi connectivity index (χ3n) is 3.12. The second kappa shape index (κ2) is 6.26. The average molecular weight is 279 g/mol. The normalized spacial score (nSPS) is 19.2. The molecule has 1 aromatic rings. The number of thiocarbonyl (C=S) groups is 1. The van der Waals surface area contributed by atoms with Crippen LogP contribution in [0.3, 0.4) is 0 Å². The standard InChI is InChI=1S/C13H18N3PS/c1-10-2-3-11-4-5-17(8-13(11)16-10)7-12(6-14)15-9-18/h2-3,6,9H,4-5,7-8,14H2,1H3,(H,15,18)/b12-6-. The molecule has 0 aromatic carbocycles. The van der Waals surface area contributed by atoms with Gasteiger partial charge < -0.3 is 11.1 Å². The van der Waals surface area contributed by atoms with Crippen molar-refractivity contribution in [1.29, 1.82) is 0 Å². The van der Waals surface area contributed by atoms with E-state index in [0.717, 1.165) is 30.1 Å². The fourth-order valence-corrected chi connectivity index (χ4v) is 4.68. The van der Waals surface area contributed by atoms with E-state index >= 15 is 0 Å². The van der Waals surface area contributed by atoms with Gasteiger partial charge in [0.15, 0.2) is 0 Å². The van der Waals surface area contributed by atoms with Gasteiger partial charge in [-0.25, -0.2) is 0 Å². The van der Waals surface area contributed by atoms with Crippen molar-refractivity contribution in [3.63, 3.8) is 0 Å². The Kier molecular flexibility index (Phi) is 4.67. The number of aryl methyl sites for hydroxylation is 2. The van der Waals surface area contributed by atoms with E-state index in [1.165, 1.54) is 22.9 Å². The maximum absolute atomic E-state index is 5.60. The number of fused-ring (bicyclic) bond motifs is 1. The Morgan fingerprint density at radius 2 is 2.44 bits per heavy atom. The highest BCUT2D eigenvalue weighted by Crippen LogP contribution is 2.45. The highest BCUT2D eigenvalue weighted by molar-refractivity contribution is 7.78. The van der Waals surface area contributed by atoms with Crippen LogP contribution in [-0.4, -0.2) is 22.8 Å². The number of nitrogens with zero attached hydrogens (tertiary/aromatic N) is 1. The first-order chi connectivity index (χ1) is 8.72. The van der Waals surface area contributed by atoms with Gasteiger partial charge in [-0.2, -0.15) is 0 Å². The lowest BCUT2D eigenvalue weighted by atomic mass is 10.1. The Balaban J connectivity index is 2.05. The van der Waals surface area contributed by atoms with Gasteiger partial charge in [-0.1, -0.05) is 26.2 Å². The molecular weight excluding hydrogens is 261 g/mol. The number of allylic oxidation sites excluding steroid dienone is 1. The van der Waals surface area contributed by atoms with Crippen LogP contribution >= 0.6 is 20.1 Å². The van der Waals surface area contributed by atoms with Crippen LogP contribution in [0.15, 0.2) is 24.0 Å². The van der Waals surface area contributed by atoms with Gasteiger partial charge in [0, 0.05) is 35.6 Å². The average Bonchev–Trinajstić information content (AvgIpc) is 2.37. The molecule has 0 aliphatic carbocycles. The van der Waals surface area contributed by atoms with Crippen molar-refractivity contribution >= 4 is 25.6 Å². The molecule has 1 aromatic heterocycles. The van der Waals surface area contributed by atoms with Crippen LogP contribution in [0.1, 0.15) is 17.0 Å². The quantitative estimate of drug-likeness (QED) is 0.656. The van der Waals surface area contributed by atoms with E-state index < -0.39 is 0 Å². The first-order valence-corrected chi connectivity index (χ1v) is 8.38. The van der Waals surface area contributed by atoms with Gasteiger partial charge in [-0.15, -0.1) is 0 Å². The number of rotatable bonds is 4. The Morgan fingerprint density at radius 3 is 3.17 bits per heavy atom. The first-order valence-electron chi connectivity index (χ1n) is 6.01. The Bertz CT molecular complexity index is 473. The van der Waals surface area contributed by atoms with Gasteiger partial charge in [0.2, 0.25) is 0 Å². The largest absolute Gasteiger partial charge is 0.403 e. The topological polar surface area (TPSA) is 50.9 Å². The summed E-state index contributed by atoms with van der Waals surface area (Å²) in [6, 6.07) is 4.32. The van der Waals surface area contributed by atoms with Crippen molar-refractivity contribution in [3.8, 4) is 0 Å². The van der Waals surface area contributed by atoms with Crippen LogP contribution in [0.5, 0.6) is 0 Å². The Morgan fingerprint density at radius 1 is 1.61 bits per heavy atom. The molecule has 0 radical (unpaired) electrons. The molecule has 3 nitrogen and oxygen atoms in total. The van der Waals surface area contributed by atoms with Gasteiger partial charge in [0.1, 0.15) is 0 Å². The molecule has 5 heteroatoms. The minimum absolute atomic E-state index is 0.0671. The van der Waals surface area contributed by atoms with Crippen molar-refractivity contribution in [1.82, 2.24) is 10.3 Å². The molecule has 3 N–H and O–H groups in total. The van der Waals surface area contributed by atoms with Crippen molar-refractivity contribution < 1.29 is 0 Å². The van der Waals surface area contributed by atoms with Crippen LogP contribution in [0, 0.1) is 6.92 Å². The van der Waals surface area contributed by atoms with E-state index in [-0.39, 0.29) is 7.92 Å². The molecule has 1 atom stereocenters. The van der Waals surface area contributed by atoms with E-state index in [1.807, 2.05) is 0 Å². The van der Waals surface area contributed by atoms with Crippen LogP contribution < -0.4 is 11.1 Å². The molecule has 1 unspecified atom stereocenters.